The molecule has 1 atom stereocenters. The van der Waals surface area contributed by atoms with Crippen molar-refractivity contribution in [3.05, 3.63) is 0 Å². The molecule has 0 radical (unpaired) electrons. The second-order valence-corrected chi connectivity index (χ2v) is 10.7. The molecule has 0 N–H and O–H groups in total. The van der Waals surface area contributed by atoms with Gasteiger partial charge in [-0.3, -0.25) is 0 Å². The molecule has 0 saturated carbocycles. The standard InChI is InChI=1S/C10H24OSSi/c1-7-9(12)8-11-13(5,6)10(2,3)4/h9,12H,7-8H2,1-6H3/t9-/m0/s1. The first kappa shape index (κ1) is 13.5. The zero-order valence-corrected chi connectivity index (χ0v) is 11.7. The van der Waals surface area contributed by atoms with E-state index < -0.39 is 8.32 Å². The average Bonchev–Trinajstić information content (AvgIpc) is 1.98. The van der Waals surface area contributed by atoms with Gasteiger partial charge < -0.3 is 4.43 Å². The fourth-order valence-corrected chi connectivity index (χ4v) is 1.90. The maximum absolute atomic E-state index is 6.01. The van der Waals surface area contributed by atoms with E-state index in [4.69, 9.17) is 4.43 Å². The Morgan fingerprint density at radius 2 is 1.77 bits per heavy atom. The lowest BCUT2D eigenvalue weighted by Gasteiger charge is -2.36. The van der Waals surface area contributed by atoms with E-state index in [1.165, 1.54) is 0 Å². The lowest BCUT2D eigenvalue weighted by molar-refractivity contribution is 0.286. The van der Waals surface area contributed by atoms with Gasteiger partial charge in [0.15, 0.2) is 8.32 Å². The Bertz CT molecular complexity index is 151. The van der Waals surface area contributed by atoms with Gasteiger partial charge in [0.1, 0.15) is 0 Å². The summed E-state index contributed by atoms with van der Waals surface area (Å²) in [7, 11) is -1.53. The van der Waals surface area contributed by atoms with E-state index in [2.05, 4.69) is 53.4 Å². The van der Waals surface area contributed by atoms with Gasteiger partial charge in [0.25, 0.3) is 0 Å². The summed E-state index contributed by atoms with van der Waals surface area (Å²) in [4.78, 5) is 0. The summed E-state index contributed by atoms with van der Waals surface area (Å²) in [6, 6.07) is 0. The Morgan fingerprint density at radius 1 is 1.31 bits per heavy atom. The predicted octanol–water partition coefficient (Wildman–Crippen LogP) is 3.72. The molecule has 1 nitrogen and oxygen atoms in total. The van der Waals surface area contributed by atoms with Gasteiger partial charge in [-0.1, -0.05) is 27.7 Å². The number of hydrogen-bond donors (Lipinski definition) is 1. The van der Waals surface area contributed by atoms with Crippen molar-refractivity contribution in [3.8, 4) is 0 Å². The molecule has 0 rings (SSSR count). The van der Waals surface area contributed by atoms with Crippen molar-refractivity contribution in [1.29, 1.82) is 0 Å². The van der Waals surface area contributed by atoms with Gasteiger partial charge in [0, 0.05) is 11.9 Å². The van der Waals surface area contributed by atoms with Crippen LogP contribution in [0.2, 0.25) is 18.1 Å². The summed E-state index contributed by atoms with van der Waals surface area (Å²) in [6.45, 7) is 14.3. The quantitative estimate of drug-likeness (QED) is 0.561. The molecule has 0 unspecified atom stereocenters. The molecular weight excluding hydrogens is 196 g/mol. The fourth-order valence-electron chi connectivity index (χ4n) is 0.639. The van der Waals surface area contributed by atoms with Crippen LogP contribution in [0.15, 0.2) is 0 Å². The van der Waals surface area contributed by atoms with Crippen LogP contribution in [0.25, 0.3) is 0 Å². The van der Waals surface area contributed by atoms with Gasteiger partial charge in [-0.2, -0.15) is 12.6 Å². The van der Waals surface area contributed by atoms with Crippen LogP contribution in [-0.2, 0) is 4.43 Å². The lowest BCUT2D eigenvalue weighted by Crippen LogP contribution is -2.42. The normalized spacial score (nSPS) is 15.9. The van der Waals surface area contributed by atoms with E-state index in [1.54, 1.807) is 0 Å². The molecule has 0 amide bonds. The van der Waals surface area contributed by atoms with Gasteiger partial charge in [-0.25, -0.2) is 0 Å². The Balaban J connectivity index is 4.04. The van der Waals surface area contributed by atoms with Crippen LogP contribution in [-0.4, -0.2) is 20.2 Å². The monoisotopic (exact) mass is 220 g/mol. The van der Waals surface area contributed by atoms with E-state index in [0.717, 1.165) is 13.0 Å². The third-order valence-corrected chi connectivity index (χ3v) is 7.93. The van der Waals surface area contributed by atoms with Crippen LogP contribution in [0.4, 0.5) is 0 Å². The van der Waals surface area contributed by atoms with Crippen molar-refractivity contribution in [3.63, 3.8) is 0 Å². The summed E-state index contributed by atoms with van der Waals surface area (Å²) in [5.41, 5.74) is 0. The van der Waals surface area contributed by atoms with Crippen molar-refractivity contribution < 1.29 is 4.43 Å². The summed E-state index contributed by atoms with van der Waals surface area (Å²) in [5, 5.41) is 0.711. The fraction of sp³-hybridized carbons (Fsp3) is 1.00. The van der Waals surface area contributed by atoms with Gasteiger partial charge in [0.05, 0.1) is 0 Å². The highest BCUT2D eigenvalue weighted by Crippen LogP contribution is 2.36. The highest BCUT2D eigenvalue weighted by atomic mass is 32.1. The SMILES string of the molecule is CC[C@H](S)CO[Si](C)(C)C(C)(C)C. The zero-order chi connectivity index (χ0) is 10.7. The minimum Gasteiger partial charge on any atom is -0.416 e. The molecule has 3 heteroatoms. The van der Waals surface area contributed by atoms with Gasteiger partial charge >= 0.3 is 0 Å². The summed E-state index contributed by atoms with van der Waals surface area (Å²) < 4.78 is 6.01. The van der Waals surface area contributed by atoms with Crippen molar-refractivity contribution in [1.82, 2.24) is 0 Å². The molecule has 80 valence electrons. The van der Waals surface area contributed by atoms with Crippen molar-refractivity contribution in [2.45, 2.75) is 57.5 Å². The molecule has 0 spiro atoms. The van der Waals surface area contributed by atoms with E-state index in [1.807, 2.05) is 0 Å². The maximum Gasteiger partial charge on any atom is 0.192 e. The number of hydrogen-bond acceptors (Lipinski definition) is 2. The number of rotatable bonds is 4. The zero-order valence-electron chi connectivity index (χ0n) is 9.85. The lowest BCUT2D eigenvalue weighted by atomic mass is 10.2. The molecule has 0 saturated heterocycles. The highest BCUT2D eigenvalue weighted by Gasteiger charge is 2.37. The molecule has 0 bridgehead atoms. The third-order valence-electron chi connectivity index (χ3n) is 2.91. The number of thiol groups is 1. The van der Waals surface area contributed by atoms with E-state index >= 15 is 0 Å². The molecule has 0 fully saturated rings. The van der Waals surface area contributed by atoms with Crippen LogP contribution in [0.3, 0.4) is 0 Å². The predicted molar refractivity (Wildman–Crippen MR) is 66.2 cm³/mol. The van der Waals surface area contributed by atoms with E-state index in [0.29, 0.717) is 10.3 Å². The van der Waals surface area contributed by atoms with Crippen LogP contribution in [0, 0.1) is 0 Å². The second-order valence-electron chi connectivity index (χ2n) is 5.13. The molecule has 0 aliphatic heterocycles. The first-order valence-corrected chi connectivity index (χ1v) is 8.45. The van der Waals surface area contributed by atoms with Gasteiger partial charge in [0.2, 0.25) is 0 Å². The van der Waals surface area contributed by atoms with E-state index in [-0.39, 0.29) is 0 Å². The van der Waals surface area contributed by atoms with E-state index in [9.17, 15) is 0 Å². The smallest absolute Gasteiger partial charge is 0.192 e. The first-order chi connectivity index (χ1) is 5.70. The molecule has 0 aromatic rings. The summed E-state index contributed by atoms with van der Waals surface area (Å²) in [5.74, 6) is 0. The van der Waals surface area contributed by atoms with Crippen LogP contribution >= 0.6 is 12.6 Å². The molecule has 0 aliphatic carbocycles. The molecule has 0 heterocycles. The van der Waals surface area contributed by atoms with Gasteiger partial charge in [-0.05, 0) is 24.6 Å². The first-order valence-electron chi connectivity index (χ1n) is 5.02. The topological polar surface area (TPSA) is 9.23 Å². The Morgan fingerprint density at radius 3 is 2.08 bits per heavy atom. The highest BCUT2D eigenvalue weighted by molar-refractivity contribution is 7.81. The van der Waals surface area contributed by atoms with Crippen molar-refractivity contribution >= 4 is 20.9 Å². The minimum absolute atomic E-state index is 0.314. The van der Waals surface area contributed by atoms with Crippen LogP contribution in [0.5, 0.6) is 0 Å². The van der Waals surface area contributed by atoms with Crippen molar-refractivity contribution in [2.24, 2.45) is 0 Å². The Kier molecular flexibility index (Phi) is 5.05. The largest absolute Gasteiger partial charge is 0.416 e. The Labute approximate surface area is 89.8 Å². The maximum atomic E-state index is 6.01. The molecule has 0 aromatic carbocycles. The minimum atomic E-state index is -1.53. The second kappa shape index (κ2) is 4.85. The Hall–Kier alpha value is 0.527. The van der Waals surface area contributed by atoms with Crippen molar-refractivity contribution in [2.75, 3.05) is 6.61 Å². The average molecular weight is 220 g/mol. The van der Waals surface area contributed by atoms with Gasteiger partial charge in [-0.15, -0.1) is 0 Å². The molecule has 13 heavy (non-hydrogen) atoms. The summed E-state index contributed by atoms with van der Waals surface area (Å²) in [6.07, 6.45) is 1.08. The summed E-state index contributed by atoms with van der Waals surface area (Å²) >= 11 is 4.43. The van der Waals surface area contributed by atoms with Crippen LogP contribution < -0.4 is 0 Å². The molecule has 0 aromatic heterocycles. The third kappa shape index (κ3) is 4.52. The molecule has 0 aliphatic rings. The molecular formula is C10H24OSSi. The van der Waals surface area contributed by atoms with Crippen LogP contribution in [0.1, 0.15) is 34.1 Å².